The van der Waals surface area contributed by atoms with Crippen molar-refractivity contribution >= 4 is 12.1 Å². The minimum atomic E-state index is -0.350. The van der Waals surface area contributed by atoms with E-state index in [1.807, 2.05) is 43.3 Å². The summed E-state index contributed by atoms with van der Waals surface area (Å²) in [5.41, 5.74) is 7.78. The number of carbonyl (C=O) groups is 1. The van der Waals surface area contributed by atoms with Crippen LogP contribution in [0.1, 0.15) is 27.2 Å². The van der Waals surface area contributed by atoms with Crippen LogP contribution >= 0.6 is 0 Å². The molecule has 3 rings (SSSR count). The number of hydrogen-bond donors (Lipinski definition) is 2. The molecule has 1 aromatic heterocycles. The van der Waals surface area contributed by atoms with Gasteiger partial charge in [-0.3, -0.25) is 9.89 Å². The van der Waals surface area contributed by atoms with E-state index in [2.05, 4.69) is 33.7 Å². The number of hydrazone groups is 1. The second-order valence-electron chi connectivity index (χ2n) is 5.94. The summed E-state index contributed by atoms with van der Waals surface area (Å²) in [4.78, 5) is 12.2. The van der Waals surface area contributed by atoms with E-state index in [9.17, 15) is 4.79 Å². The largest absolute Gasteiger partial charge is 0.497 e. The topological polar surface area (TPSA) is 79.4 Å². The van der Waals surface area contributed by atoms with Crippen LogP contribution in [-0.4, -0.2) is 29.4 Å². The van der Waals surface area contributed by atoms with E-state index in [1.54, 1.807) is 19.4 Å². The molecule has 1 heterocycles. The van der Waals surface area contributed by atoms with Crippen molar-refractivity contribution in [2.45, 2.75) is 13.8 Å². The monoisotopic (exact) mass is 348 g/mol. The van der Waals surface area contributed by atoms with Crippen molar-refractivity contribution < 1.29 is 9.53 Å². The Hall–Kier alpha value is -3.41. The van der Waals surface area contributed by atoms with Crippen molar-refractivity contribution in [1.29, 1.82) is 0 Å². The first kappa shape index (κ1) is 17.4. The molecule has 0 saturated carbocycles. The first-order valence-corrected chi connectivity index (χ1v) is 8.17. The van der Waals surface area contributed by atoms with Crippen LogP contribution in [0.3, 0.4) is 0 Å². The fourth-order valence-electron chi connectivity index (χ4n) is 2.40. The van der Waals surface area contributed by atoms with Gasteiger partial charge < -0.3 is 4.74 Å². The number of H-pyrrole nitrogens is 1. The molecule has 0 unspecified atom stereocenters. The zero-order chi connectivity index (χ0) is 18.5. The summed E-state index contributed by atoms with van der Waals surface area (Å²) in [6, 6.07) is 15.1. The molecule has 132 valence electrons. The summed E-state index contributed by atoms with van der Waals surface area (Å²) in [6.45, 7) is 4.11. The molecule has 0 aliphatic carbocycles. The van der Waals surface area contributed by atoms with Crippen molar-refractivity contribution in [2.24, 2.45) is 5.10 Å². The Balaban J connectivity index is 1.65. The van der Waals surface area contributed by atoms with Gasteiger partial charge in [-0.05, 0) is 66.9 Å². The lowest BCUT2D eigenvalue weighted by molar-refractivity contribution is 0.0950. The Bertz CT molecular complexity index is 943. The quantitative estimate of drug-likeness (QED) is 0.547. The Morgan fingerprint density at radius 3 is 2.58 bits per heavy atom. The maximum absolute atomic E-state index is 12.2. The molecule has 6 nitrogen and oxygen atoms in total. The molecule has 1 amide bonds. The van der Waals surface area contributed by atoms with E-state index in [0.29, 0.717) is 5.69 Å². The Kier molecular flexibility index (Phi) is 5.12. The van der Waals surface area contributed by atoms with Crippen LogP contribution in [-0.2, 0) is 0 Å². The van der Waals surface area contributed by atoms with Crippen LogP contribution in [0.2, 0.25) is 0 Å². The molecule has 0 spiro atoms. The molecule has 0 radical (unpaired) electrons. The van der Waals surface area contributed by atoms with E-state index in [-0.39, 0.29) is 5.91 Å². The number of amides is 1. The predicted octanol–water partition coefficient (Wildman–Crippen LogP) is 3.47. The summed E-state index contributed by atoms with van der Waals surface area (Å²) >= 11 is 0. The number of ether oxygens (including phenoxy) is 1. The predicted molar refractivity (Wildman–Crippen MR) is 102 cm³/mol. The van der Waals surface area contributed by atoms with Crippen LogP contribution in [0.4, 0.5) is 0 Å². The van der Waals surface area contributed by atoms with Gasteiger partial charge in [0.2, 0.25) is 0 Å². The van der Waals surface area contributed by atoms with E-state index in [0.717, 1.165) is 22.6 Å². The minimum Gasteiger partial charge on any atom is -0.497 e. The number of benzene rings is 2. The average Bonchev–Trinajstić information content (AvgIpc) is 3.15. The number of aryl methyl sites for hydroxylation is 2. The van der Waals surface area contributed by atoms with E-state index < -0.39 is 0 Å². The lowest BCUT2D eigenvalue weighted by atomic mass is 10.0. The first-order chi connectivity index (χ1) is 12.6. The van der Waals surface area contributed by atoms with Crippen LogP contribution in [0.25, 0.3) is 11.3 Å². The van der Waals surface area contributed by atoms with Gasteiger partial charge in [0.25, 0.3) is 5.91 Å². The smallest absolute Gasteiger partial charge is 0.289 e. The molecule has 0 aliphatic heterocycles. The second kappa shape index (κ2) is 7.65. The van der Waals surface area contributed by atoms with Crippen LogP contribution in [0, 0.1) is 13.8 Å². The number of nitrogens with zero attached hydrogens (tertiary/aromatic N) is 2. The number of aromatic nitrogens is 2. The molecule has 6 heteroatoms. The van der Waals surface area contributed by atoms with Crippen molar-refractivity contribution in [3.05, 3.63) is 70.9 Å². The van der Waals surface area contributed by atoms with E-state index in [1.165, 1.54) is 11.1 Å². The molecular weight excluding hydrogens is 328 g/mol. The minimum absolute atomic E-state index is 0.350. The number of carbonyl (C=O) groups excluding carboxylic acids is 1. The summed E-state index contributed by atoms with van der Waals surface area (Å²) < 4.78 is 5.10. The van der Waals surface area contributed by atoms with Crippen LogP contribution in [0.5, 0.6) is 5.75 Å². The highest BCUT2D eigenvalue weighted by atomic mass is 16.5. The van der Waals surface area contributed by atoms with Gasteiger partial charge in [0, 0.05) is 5.56 Å². The number of aromatic amines is 1. The van der Waals surface area contributed by atoms with Crippen molar-refractivity contribution in [2.75, 3.05) is 7.11 Å². The van der Waals surface area contributed by atoms with Crippen molar-refractivity contribution in [3.8, 4) is 17.0 Å². The fourth-order valence-corrected chi connectivity index (χ4v) is 2.40. The third-order valence-electron chi connectivity index (χ3n) is 4.12. The normalized spacial score (nSPS) is 10.9. The highest BCUT2D eigenvalue weighted by Crippen LogP contribution is 2.20. The van der Waals surface area contributed by atoms with Crippen LogP contribution < -0.4 is 10.2 Å². The lowest BCUT2D eigenvalue weighted by Gasteiger charge is -2.01. The standard InChI is InChI=1S/C20H20N4O2/c1-13-4-7-16(10-14(13)2)18-11-19(23-22-18)20(25)24-21-12-15-5-8-17(26-3)9-6-15/h4-12H,1-3H3,(H,22,23)(H,24,25)/b21-12+. The molecule has 0 fully saturated rings. The molecular formula is C20H20N4O2. The first-order valence-electron chi connectivity index (χ1n) is 8.17. The SMILES string of the molecule is COc1ccc(/C=N/NC(=O)c2cc(-c3ccc(C)c(C)c3)n[nH]2)cc1. The van der Waals surface area contributed by atoms with Crippen LogP contribution in [0.15, 0.2) is 53.6 Å². The Morgan fingerprint density at radius 2 is 1.88 bits per heavy atom. The van der Waals surface area contributed by atoms with E-state index >= 15 is 0 Å². The number of rotatable bonds is 5. The van der Waals surface area contributed by atoms with Gasteiger partial charge in [-0.1, -0.05) is 12.1 Å². The molecule has 0 bridgehead atoms. The van der Waals surface area contributed by atoms with Crippen molar-refractivity contribution in [3.63, 3.8) is 0 Å². The summed E-state index contributed by atoms with van der Waals surface area (Å²) in [5, 5.41) is 10.9. The number of methoxy groups -OCH3 is 1. The molecule has 26 heavy (non-hydrogen) atoms. The van der Waals surface area contributed by atoms with Gasteiger partial charge in [-0.15, -0.1) is 0 Å². The van der Waals surface area contributed by atoms with Gasteiger partial charge in [0.15, 0.2) is 0 Å². The molecule has 3 aromatic rings. The Morgan fingerprint density at radius 1 is 1.12 bits per heavy atom. The maximum atomic E-state index is 12.2. The fraction of sp³-hybridized carbons (Fsp3) is 0.150. The highest BCUT2D eigenvalue weighted by Gasteiger charge is 2.10. The third kappa shape index (κ3) is 3.97. The number of hydrogen-bond acceptors (Lipinski definition) is 4. The van der Waals surface area contributed by atoms with Gasteiger partial charge >= 0.3 is 0 Å². The van der Waals surface area contributed by atoms with E-state index in [4.69, 9.17) is 4.74 Å². The van der Waals surface area contributed by atoms with Gasteiger partial charge in [0.1, 0.15) is 11.4 Å². The molecule has 0 atom stereocenters. The molecule has 2 N–H and O–H groups in total. The molecule has 0 saturated heterocycles. The second-order valence-corrected chi connectivity index (χ2v) is 5.94. The number of nitrogens with one attached hydrogen (secondary N) is 2. The zero-order valence-electron chi connectivity index (χ0n) is 14.9. The zero-order valence-corrected chi connectivity index (χ0v) is 14.9. The van der Waals surface area contributed by atoms with Crippen molar-refractivity contribution in [1.82, 2.24) is 15.6 Å². The summed E-state index contributed by atoms with van der Waals surface area (Å²) in [5.74, 6) is 0.417. The Labute approximate surface area is 151 Å². The third-order valence-corrected chi connectivity index (χ3v) is 4.12. The summed E-state index contributed by atoms with van der Waals surface area (Å²) in [6.07, 6.45) is 1.57. The summed E-state index contributed by atoms with van der Waals surface area (Å²) in [7, 11) is 1.61. The highest BCUT2D eigenvalue weighted by molar-refractivity contribution is 5.94. The average molecular weight is 348 g/mol. The lowest BCUT2D eigenvalue weighted by Crippen LogP contribution is -2.17. The maximum Gasteiger partial charge on any atom is 0.289 e. The van der Waals surface area contributed by atoms with Gasteiger partial charge in [-0.25, -0.2) is 5.43 Å². The molecule has 0 aliphatic rings. The van der Waals surface area contributed by atoms with Gasteiger partial charge in [-0.2, -0.15) is 10.2 Å². The van der Waals surface area contributed by atoms with Gasteiger partial charge in [0.05, 0.1) is 19.0 Å². The molecule has 2 aromatic carbocycles.